The molecule has 0 atom stereocenters. The second-order valence-electron chi connectivity index (χ2n) is 4.05. The average molecular weight is 274 g/mol. The molecule has 1 heterocycles. The van der Waals surface area contributed by atoms with Crippen LogP contribution in [0.3, 0.4) is 0 Å². The number of aryl methyl sites for hydroxylation is 1. The molecule has 0 bridgehead atoms. The fraction of sp³-hybridized carbons (Fsp3) is 0.143. The van der Waals surface area contributed by atoms with Gasteiger partial charge >= 0.3 is 0 Å². The minimum atomic E-state index is 0.208. The molecule has 0 amide bonds. The number of hydrogen-bond donors (Lipinski definition) is 1. The van der Waals surface area contributed by atoms with Crippen LogP contribution in [0.5, 0.6) is 5.75 Å². The van der Waals surface area contributed by atoms with E-state index in [1.165, 1.54) is 0 Å². The van der Waals surface area contributed by atoms with Gasteiger partial charge in [0.25, 0.3) is 0 Å². The Morgan fingerprint density at radius 1 is 1.37 bits per heavy atom. The molecule has 2 N–H and O–H groups in total. The number of nitrogens with two attached hydrogens (primary N) is 1. The van der Waals surface area contributed by atoms with E-state index < -0.39 is 0 Å². The van der Waals surface area contributed by atoms with Gasteiger partial charge in [0.15, 0.2) is 0 Å². The first-order valence-electron chi connectivity index (χ1n) is 5.64. The molecule has 0 saturated heterocycles. The molecule has 0 radical (unpaired) electrons. The fourth-order valence-electron chi connectivity index (χ4n) is 1.57. The van der Waals surface area contributed by atoms with Crippen molar-refractivity contribution in [2.45, 2.75) is 13.5 Å². The monoisotopic (exact) mass is 273 g/mol. The summed E-state index contributed by atoms with van der Waals surface area (Å²) in [5.41, 5.74) is 7.67. The number of aromatic nitrogens is 1. The van der Waals surface area contributed by atoms with Gasteiger partial charge in [0.05, 0.1) is 22.3 Å². The van der Waals surface area contributed by atoms with Crippen molar-refractivity contribution in [2.24, 2.45) is 0 Å². The highest BCUT2D eigenvalue weighted by atomic mass is 35.5. The van der Waals surface area contributed by atoms with E-state index in [-0.39, 0.29) is 6.61 Å². The zero-order valence-electron chi connectivity index (χ0n) is 10.4. The Hall–Kier alpha value is -2.25. The van der Waals surface area contributed by atoms with E-state index in [0.717, 1.165) is 5.56 Å². The van der Waals surface area contributed by atoms with Gasteiger partial charge in [-0.1, -0.05) is 17.7 Å². The lowest BCUT2D eigenvalue weighted by Crippen LogP contribution is -2.02. The number of pyridine rings is 1. The van der Waals surface area contributed by atoms with Gasteiger partial charge in [-0.05, 0) is 36.8 Å². The second-order valence-corrected chi connectivity index (χ2v) is 4.45. The molecule has 5 heteroatoms. The van der Waals surface area contributed by atoms with Crippen LogP contribution in [0.1, 0.15) is 16.8 Å². The standard InChI is InChI=1S/C14H12ClN3O/c1-9-2-3-10(7-16)6-13(9)19-8-12-11(15)4-5-14(17)18-12/h2-6H,8H2,1H3,(H2,17,18). The van der Waals surface area contributed by atoms with Crippen LogP contribution >= 0.6 is 11.6 Å². The number of nitriles is 1. The molecule has 0 aliphatic heterocycles. The summed E-state index contributed by atoms with van der Waals surface area (Å²) in [6.45, 7) is 2.12. The van der Waals surface area contributed by atoms with E-state index in [0.29, 0.717) is 27.8 Å². The summed E-state index contributed by atoms with van der Waals surface area (Å²) in [5.74, 6) is 1.03. The number of benzene rings is 1. The summed E-state index contributed by atoms with van der Waals surface area (Å²) in [7, 11) is 0. The first-order chi connectivity index (χ1) is 9.10. The lowest BCUT2D eigenvalue weighted by molar-refractivity contribution is 0.299. The predicted molar refractivity (Wildman–Crippen MR) is 73.9 cm³/mol. The molecule has 96 valence electrons. The Morgan fingerprint density at radius 2 is 2.16 bits per heavy atom. The van der Waals surface area contributed by atoms with Crippen LogP contribution in [-0.4, -0.2) is 4.98 Å². The average Bonchev–Trinajstić information content (AvgIpc) is 2.41. The molecule has 2 rings (SSSR count). The Labute approximate surface area is 116 Å². The Morgan fingerprint density at radius 3 is 2.89 bits per heavy atom. The molecule has 0 saturated carbocycles. The highest BCUT2D eigenvalue weighted by Gasteiger charge is 2.06. The van der Waals surface area contributed by atoms with Crippen molar-refractivity contribution >= 4 is 17.4 Å². The maximum Gasteiger partial charge on any atom is 0.132 e. The van der Waals surface area contributed by atoms with Gasteiger partial charge in [0.2, 0.25) is 0 Å². The summed E-state index contributed by atoms with van der Waals surface area (Å²) in [5, 5.41) is 9.37. The van der Waals surface area contributed by atoms with Gasteiger partial charge in [0.1, 0.15) is 18.2 Å². The number of nitrogen functional groups attached to an aromatic ring is 1. The van der Waals surface area contributed by atoms with E-state index in [1.54, 1.807) is 24.3 Å². The number of rotatable bonds is 3. The van der Waals surface area contributed by atoms with Crippen LogP contribution in [-0.2, 0) is 6.61 Å². The Kier molecular flexibility index (Phi) is 3.88. The van der Waals surface area contributed by atoms with Crippen LogP contribution in [0.25, 0.3) is 0 Å². The minimum Gasteiger partial charge on any atom is -0.487 e. The van der Waals surface area contributed by atoms with E-state index in [1.807, 2.05) is 13.0 Å². The highest BCUT2D eigenvalue weighted by molar-refractivity contribution is 6.31. The van der Waals surface area contributed by atoms with Crippen LogP contribution < -0.4 is 10.5 Å². The normalized spacial score (nSPS) is 9.95. The fourth-order valence-corrected chi connectivity index (χ4v) is 1.73. The van der Waals surface area contributed by atoms with Gasteiger partial charge in [-0.25, -0.2) is 4.98 Å². The molecule has 19 heavy (non-hydrogen) atoms. The van der Waals surface area contributed by atoms with E-state index in [2.05, 4.69) is 11.1 Å². The van der Waals surface area contributed by atoms with Crippen molar-refractivity contribution in [3.63, 3.8) is 0 Å². The third-order valence-corrected chi connectivity index (χ3v) is 2.97. The Balaban J connectivity index is 2.19. The van der Waals surface area contributed by atoms with E-state index in [4.69, 9.17) is 27.3 Å². The third kappa shape index (κ3) is 3.15. The zero-order valence-corrected chi connectivity index (χ0v) is 11.1. The van der Waals surface area contributed by atoms with E-state index in [9.17, 15) is 0 Å². The molecule has 0 aliphatic rings. The largest absolute Gasteiger partial charge is 0.487 e. The molecule has 4 nitrogen and oxygen atoms in total. The number of hydrogen-bond acceptors (Lipinski definition) is 4. The van der Waals surface area contributed by atoms with Gasteiger partial charge in [0, 0.05) is 0 Å². The topological polar surface area (TPSA) is 71.9 Å². The van der Waals surface area contributed by atoms with Crippen LogP contribution in [0, 0.1) is 18.3 Å². The highest BCUT2D eigenvalue weighted by Crippen LogP contribution is 2.22. The molecule has 1 aromatic heterocycles. The summed E-state index contributed by atoms with van der Waals surface area (Å²) < 4.78 is 5.65. The third-order valence-electron chi connectivity index (χ3n) is 2.62. The van der Waals surface area contributed by atoms with Crippen molar-refractivity contribution in [2.75, 3.05) is 5.73 Å². The number of nitrogens with zero attached hydrogens (tertiary/aromatic N) is 2. The predicted octanol–water partition coefficient (Wildman–Crippen LogP) is 3.08. The molecular formula is C14H12ClN3O. The molecule has 2 aromatic rings. The summed E-state index contributed by atoms with van der Waals surface area (Å²) in [4.78, 5) is 4.12. The van der Waals surface area contributed by atoms with Crippen molar-refractivity contribution in [3.05, 3.63) is 52.2 Å². The van der Waals surface area contributed by atoms with Crippen LogP contribution in [0.15, 0.2) is 30.3 Å². The molecule has 0 aliphatic carbocycles. The number of halogens is 1. The van der Waals surface area contributed by atoms with Gasteiger partial charge in [-0.2, -0.15) is 5.26 Å². The van der Waals surface area contributed by atoms with Crippen molar-refractivity contribution < 1.29 is 4.74 Å². The van der Waals surface area contributed by atoms with E-state index >= 15 is 0 Å². The summed E-state index contributed by atoms with van der Waals surface area (Å²) >= 11 is 6.01. The second kappa shape index (κ2) is 5.59. The smallest absolute Gasteiger partial charge is 0.132 e. The van der Waals surface area contributed by atoms with Crippen LogP contribution in [0.4, 0.5) is 5.82 Å². The van der Waals surface area contributed by atoms with Gasteiger partial charge < -0.3 is 10.5 Å². The summed E-state index contributed by atoms with van der Waals surface area (Å²) in [6.07, 6.45) is 0. The van der Waals surface area contributed by atoms with Crippen molar-refractivity contribution in [3.8, 4) is 11.8 Å². The van der Waals surface area contributed by atoms with Crippen molar-refractivity contribution in [1.29, 1.82) is 5.26 Å². The van der Waals surface area contributed by atoms with Gasteiger partial charge in [-0.3, -0.25) is 0 Å². The SMILES string of the molecule is Cc1ccc(C#N)cc1OCc1nc(N)ccc1Cl. The molecule has 0 spiro atoms. The quantitative estimate of drug-likeness (QED) is 0.933. The number of anilines is 1. The van der Waals surface area contributed by atoms with Crippen LogP contribution in [0.2, 0.25) is 5.02 Å². The molecule has 0 unspecified atom stereocenters. The minimum absolute atomic E-state index is 0.208. The Bertz CT molecular complexity index is 650. The summed E-state index contributed by atoms with van der Waals surface area (Å²) in [6, 6.07) is 10.7. The maximum absolute atomic E-state index is 8.86. The van der Waals surface area contributed by atoms with Gasteiger partial charge in [-0.15, -0.1) is 0 Å². The lowest BCUT2D eigenvalue weighted by atomic mass is 10.1. The van der Waals surface area contributed by atoms with Crippen molar-refractivity contribution in [1.82, 2.24) is 4.98 Å². The lowest BCUT2D eigenvalue weighted by Gasteiger charge is -2.10. The zero-order chi connectivity index (χ0) is 13.8. The first-order valence-corrected chi connectivity index (χ1v) is 6.02. The molecule has 0 fully saturated rings. The molecular weight excluding hydrogens is 262 g/mol. The molecule has 1 aromatic carbocycles. The number of ether oxygens (including phenoxy) is 1. The first kappa shape index (κ1) is 13.2. The maximum atomic E-state index is 8.86.